The largest absolute Gasteiger partial charge is 0.390 e. The molecule has 0 radical (unpaired) electrons. The van der Waals surface area contributed by atoms with Gasteiger partial charge >= 0.3 is 0 Å². The summed E-state index contributed by atoms with van der Waals surface area (Å²) >= 11 is 0. The van der Waals surface area contributed by atoms with Gasteiger partial charge in [0.2, 0.25) is 0 Å². The number of ether oxygens (including phenoxy) is 1. The van der Waals surface area contributed by atoms with Gasteiger partial charge in [-0.3, -0.25) is 19.2 Å². The molecule has 0 bridgehead atoms. The zero-order valence-electron chi connectivity index (χ0n) is 28.4. The van der Waals surface area contributed by atoms with Crippen LogP contribution >= 0.6 is 0 Å². The van der Waals surface area contributed by atoms with Crippen LogP contribution in [0.1, 0.15) is 89.9 Å². The fourth-order valence-corrected chi connectivity index (χ4v) is 5.27. The Balaban J connectivity index is 5.49. The number of hydrogen-bond acceptors (Lipinski definition) is 13. The standard InChI is InChI=1S/C36H58O13/c1-5-25(37)33(45)29(41)19-15-11-9-13-17-23(21-31(43)35(47)27(39)7-3)49-24(22-32(44)36(48)28(40)8-4)18-14-10-12-16-20-30(42)34(46)26(38)6-2/h5-8,23-24,29-36,41-48H,1-4,9-22H2. The lowest BCUT2D eigenvalue weighted by atomic mass is 9.96. The molecule has 13 heteroatoms. The first-order valence-corrected chi connectivity index (χ1v) is 16.9. The minimum atomic E-state index is -1.73. The van der Waals surface area contributed by atoms with Crippen LogP contribution in [0.3, 0.4) is 0 Å². The number of aliphatic hydroxyl groups is 8. The highest BCUT2D eigenvalue weighted by Gasteiger charge is 2.30. The lowest BCUT2D eigenvalue weighted by molar-refractivity contribution is -0.133. The summed E-state index contributed by atoms with van der Waals surface area (Å²) in [5.41, 5.74) is 0. The molecule has 0 saturated heterocycles. The van der Waals surface area contributed by atoms with Crippen molar-refractivity contribution < 1.29 is 64.8 Å². The first-order valence-electron chi connectivity index (χ1n) is 16.9. The van der Waals surface area contributed by atoms with E-state index in [1.165, 1.54) is 0 Å². The average molecular weight is 699 g/mol. The molecular formula is C36H58O13. The van der Waals surface area contributed by atoms with Crippen molar-refractivity contribution in [2.75, 3.05) is 0 Å². The van der Waals surface area contributed by atoms with Crippen molar-refractivity contribution in [2.24, 2.45) is 0 Å². The third-order valence-electron chi connectivity index (χ3n) is 8.37. The van der Waals surface area contributed by atoms with E-state index in [1.807, 2.05) is 0 Å². The van der Waals surface area contributed by atoms with Crippen molar-refractivity contribution in [1.82, 2.24) is 0 Å². The summed E-state index contributed by atoms with van der Waals surface area (Å²) < 4.78 is 6.29. The average Bonchev–Trinajstić information content (AvgIpc) is 3.10. The molecule has 0 aliphatic heterocycles. The molecule has 0 heterocycles. The van der Waals surface area contributed by atoms with Crippen LogP contribution in [0.25, 0.3) is 0 Å². The number of rotatable bonds is 32. The summed E-state index contributed by atoms with van der Waals surface area (Å²) in [5, 5.41) is 81.3. The van der Waals surface area contributed by atoms with E-state index in [2.05, 4.69) is 26.3 Å². The summed E-state index contributed by atoms with van der Waals surface area (Å²) in [5.74, 6) is -2.88. The maximum Gasteiger partial charge on any atom is 0.186 e. The predicted octanol–water partition coefficient (Wildman–Crippen LogP) is 1.11. The van der Waals surface area contributed by atoms with Gasteiger partial charge < -0.3 is 45.6 Å². The third kappa shape index (κ3) is 18.7. The monoisotopic (exact) mass is 698 g/mol. The van der Waals surface area contributed by atoms with E-state index >= 15 is 0 Å². The molecule has 280 valence electrons. The molecule has 0 rings (SSSR count). The Morgan fingerprint density at radius 3 is 0.918 bits per heavy atom. The van der Waals surface area contributed by atoms with E-state index in [0.717, 1.165) is 24.3 Å². The number of aliphatic hydroxyl groups excluding tert-OH is 8. The third-order valence-corrected chi connectivity index (χ3v) is 8.37. The minimum Gasteiger partial charge on any atom is -0.390 e. The van der Waals surface area contributed by atoms with Crippen LogP contribution in [0.4, 0.5) is 0 Å². The maximum absolute atomic E-state index is 11.9. The molecule has 0 saturated carbocycles. The smallest absolute Gasteiger partial charge is 0.186 e. The molecule has 13 nitrogen and oxygen atoms in total. The van der Waals surface area contributed by atoms with Crippen LogP contribution in [0, 0.1) is 0 Å². The van der Waals surface area contributed by atoms with Gasteiger partial charge in [-0.15, -0.1) is 0 Å². The summed E-state index contributed by atoms with van der Waals surface area (Å²) in [6.45, 7) is 13.2. The minimum absolute atomic E-state index is 0.153. The fraction of sp³-hybridized carbons (Fsp3) is 0.667. The highest BCUT2D eigenvalue weighted by atomic mass is 16.5. The molecule has 0 spiro atoms. The summed E-state index contributed by atoms with van der Waals surface area (Å²) in [6.07, 6.45) is -4.30. The Morgan fingerprint density at radius 2 is 0.653 bits per heavy atom. The van der Waals surface area contributed by atoms with Gasteiger partial charge in [0, 0.05) is 12.8 Å². The molecule has 0 aromatic heterocycles. The van der Waals surface area contributed by atoms with Crippen LogP contribution < -0.4 is 0 Å². The van der Waals surface area contributed by atoms with Gasteiger partial charge in [0.05, 0.1) is 36.6 Å². The predicted molar refractivity (Wildman–Crippen MR) is 182 cm³/mol. The van der Waals surface area contributed by atoms with Gasteiger partial charge in [-0.25, -0.2) is 0 Å². The van der Waals surface area contributed by atoms with Crippen molar-refractivity contribution >= 4 is 23.1 Å². The molecule has 0 aliphatic carbocycles. The number of carbonyl (C=O) groups is 4. The molecule has 10 atom stereocenters. The second-order valence-electron chi connectivity index (χ2n) is 12.3. The molecule has 0 aromatic rings. The SMILES string of the molecule is C=CC(=O)C(O)C(O)CCCCCCC(CC(O)C(O)C(=O)C=C)OC(CCCCCCC(O)C(O)C(=O)C=C)CC(O)C(O)C(=O)C=C. The number of ketones is 4. The first kappa shape index (κ1) is 46.3. The van der Waals surface area contributed by atoms with Crippen molar-refractivity contribution in [2.45, 2.75) is 151 Å². The van der Waals surface area contributed by atoms with Crippen molar-refractivity contribution in [3.63, 3.8) is 0 Å². The lowest BCUT2D eigenvalue weighted by Gasteiger charge is -2.30. The molecule has 0 fully saturated rings. The molecule has 49 heavy (non-hydrogen) atoms. The first-order chi connectivity index (χ1) is 23.1. The van der Waals surface area contributed by atoms with Crippen molar-refractivity contribution in [1.29, 1.82) is 0 Å². The highest BCUT2D eigenvalue weighted by molar-refractivity contribution is 5.94. The second kappa shape index (κ2) is 26.1. The summed E-state index contributed by atoms with van der Waals surface area (Å²) in [7, 11) is 0. The number of unbranched alkanes of at least 4 members (excludes halogenated alkanes) is 6. The summed E-state index contributed by atoms with van der Waals surface area (Å²) in [4.78, 5) is 46.9. The topological polar surface area (TPSA) is 239 Å². The normalized spacial score (nSPS) is 17.6. The van der Waals surface area contributed by atoms with Crippen LogP contribution in [0.2, 0.25) is 0 Å². The second-order valence-corrected chi connectivity index (χ2v) is 12.3. The Labute approximate surface area is 289 Å². The van der Waals surface area contributed by atoms with Crippen molar-refractivity contribution in [3.05, 3.63) is 50.6 Å². The van der Waals surface area contributed by atoms with Gasteiger partial charge in [-0.1, -0.05) is 77.7 Å². The maximum atomic E-state index is 11.9. The Kier molecular flexibility index (Phi) is 24.7. The van der Waals surface area contributed by atoms with Crippen LogP contribution in [0.5, 0.6) is 0 Å². The van der Waals surface area contributed by atoms with Crippen LogP contribution in [-0.4, -0.2) is 125 Å². The zero-order chi connectivity index (χ0) is 37.5. The molecule has 0 amide bonds. The summed E-state index contributed by atoms with van der Waals surface area (Å²) in [6, 6.07) is 0. The number of carbonyl (C=O) groups excluding carboxylic acids is 4. The van der Waals surface area contributed by atoms with E-state index < -0.39 is 84.2 Å². The van der Waals surface area contributed by atoms with Gasteiger partial charge in [0.15, 0.2) is 23.1 Å². The van der Waals surface area contributed by atoms with Crippen LogP contribution in [0.15, 0.2) is 50.6 Å². The van der Waals surface area contributed by atoms with Crippen LogP contribution in [-0.2, 0) is 23.9 Å². The van der Waals surface area contributed by atoms with E-state index in [4.69, 9.17) is 4.74 Å². The Morgan fingerprint density at radius 1 is 0.408 bits per heavy atom. The van der Waals surface area contributed by atoms with Gasteiger partial charge in [0.1, 0.15) is 24.4 Å². The quantitative estimate of drug-likeness (QED) is 0.0363. The van der Waals surface area contributed by atoms with E-state index in [0.29, 0.717) is 64.2 Å². The lowest BCUT2D eigenvalue weighted by Crippen LogP contribution is -2.39. The number of hydrogen-bond donors (Lipinski definition) is 8. The van der Waals surface area contributed by atoms with E-state index in [-0.39, 0.29) is 25.7 Å². The molecule has 8 N–H and O–H groups in total. The van der Waals surface area contributed by atoms with Gasteiger partial charge in [0.25, 0.3) is 0 Å². The Bertz CT molecular complexity index is 964. The van der Waals surface area contributed by atoms with Crippen molar-refractivity contribution in [3.8, 4) is 0 Å². The molecule has 10 unspecified atom stereocenters. The molecular weight excluding hydrogens is 640 g/mol. The highest BCUT2D eigenvalue weighted by Crippen LogP contribution is 2.23. The van der Waals surface area contributed by atoms with E-state index in [1.54, 1.807) is 0 Å². The molecule has 0 aromatic carbocycles. The van der Waals surface area contributed by atoms with E-state index in [9.17, 15) is 60.0 Å². The molecule has 0 aliphatic rings. The van der Waals surface area contributed by atoms with Gasteiger partial charge in [-0.05, 0) is 50.0 Å². The zero-order valence-corrected chi connectivity index (χ0v) is 28.4. The van der Waals surface area contributed by atoms with Gasteiger partial charge in [-0.2, -0.15) is 0 Å². The fourth-order valence-electron chi connectivity index (χ4n) is 5.27. The Hall–Kier alpha value is -2.72.